The highest BCUT2D eigenvalue weighted by Gasteiger charge is 2.12. The van der Waals surface area contributed by atoms with Gasteiger partial charge in [0.15, 0.2) is 0 Å². The predicted molar refractivity (Wildman–Crippen MR) is 132 cm³/mol. The van der Waals surface area contributed by atoms with Crippen molar-refractivity contribution in [1.29, 1.82) is 0 Å². The first-order valence-electron chi connectivity index (χ1n) is 12.1. The molecule has 0 fully saturated rings. The maximum Gasteiger partial charge on any atom is 0.105 e. The highest BCUT2D eigenvalue weighted by atomic mass is 15.2. The topological polar surface area (TPSA) is 42.1 Å². The van der Waals surface area contributed by atoms with Gasteiger partial charge in [-0.3, -0.25) is 4.90 Å². The minimum atomic E-state index is 0.542. The molecule has 0 aliphatic heterocycles. The molecule has 0 amide bonds. The van der Waals surface area contributed by atoms with Crippen LogP contribution in [-0.4, -0.2) is 66.7 Å². The number of aryl methyl sites for hydroxylation is 2. The van der Waals surface area contributed by atoms with E-state index in [2.05, 4.69) is 97.4 Å². The van der Waals surface area contributed by atoms with Crippen molar-refractivity contribution in [3.8, 4) is 0 Å². The lowest BCUT2D eigenvalue weighted by atomic mass is 10.2. The van der Waals surface area contributed by atoms with E-state index in [1.54, 1.807) is 0 Å². The Morgan fingerprint density at radius 1 is 0.903 bits per heavy atom. The van der Waals surface area contributed by atoms with Gasteiger partial charge in [-0.2, -0.15) is 0 Å². The van der Waals surface area contributed by atoms with E-state index < -0.39 is 0 Å². The Hall–Kier alpha value is -1.66. The minimum Gasteiger partial charge on any atom is -0.335 e. The monoisotopic (exact) mass is 432 g/mol. The Morgan fingerprint density at radius 3 is 2.03 bits per heavy atom. The second-order valence-electron chi connectivity index (χ2n) is 9.32. The van der Waals surface area contributed by atoms with Gasteiger partial charge in [-0.25, -0.2) is 9.97 Å². The van der Waals surface area contributed by atoms with Gasteiger partial charge < -0.3 is 14.0 Å². The summed E-state index contributed by atoms with van der Waals surface area (Å²) in [6.07, 6.45) is 12.1. The zero-order valence-corrected chi connectivity index (χ0v) is 21.6. The average molecular weight is 433 g/mol. The lowest BCUT2D eigenvalue weighted by molar-refractivity contribution is 0.170. The van der Waals surface area contributed by atoms with Gasteiger partial charge >= 0.3 is 0 Å². The largest absolute Gasteiger partial charge is 0.335 e. The van der Waals surface area contributed by atoms with Crippen LogP contribution >= 0.6 is 0 Å². The summed E-state index contributed by atoms with van der Waals surface area (Å²) in [4.78, 5) is 13.3. The third kappa shape index (κ3) is 10.0. The van der Waals surface area contributed by atoms with Crippen molar-refractivity contribution in [2.24, 2.45) is 0 Å². The van der Waals surface area contributed by atoms with Gasteiger partial charge in [0.05, 0.1) is 6.33 Å². The SMILES string of the molecule is CCN(CCC(C)n1ccnc1)C(C)C.Cc1nccn1CCCN(C(C)C)C(C)C. The molecule has 0 aliphatic rings. The minimum absolute atomic E-state index is 0.542. The van der Waals surface area contributed by atoms with Crippen LogP contribution in [0.3, 0.4) is 0 Å². The highest BCUT2D eigenvalue weighted by Crippen LogP contribution is 2.11. The van der Waals surface area contributed by atoms with Crippen molar-refractivity contribution in [3.63, 3.8) is 0 Å². The molecule has 1 atom stereocenters. The molecule has 0 aromatic carbocycles. The summed E-state index contributed by atoms with van der Waals surface area (Å²) in [6.45, 7) is 24.6. The maximum atomic E-state index is 4.23. The summed E-state index contributed by atoms with van der Waals surface area (Å²) in [5, 5.41) is 0. The van der Waals surface area contributed by atoms with Gasteiger partial charge in [0.25, 0.3) is 0 Å². The fourth-order valence-electron chi connectivity index (χ4n) is 3.99. The van der Waals surface area contributed by atoms with Crippen LogP contribution in [-0.2, 0) is 6.54 Å². The molecule has 2 aromatic rings. The van der Waals surface area contributed by atoms with Crippen LogP contribution < -0.4 is 0 Å². The van der Waals surface area contributed by atoms with E-state index in [-0.39, 0.29) is 0 Å². The molecule has 6 heteroatoms. The van der Waals surface area contributed by atoms with Crippen molar-refractivity contribution in [1.82, 2.24) is 28.9 Å². The summed E-state index contributed by atoms with van der Waals surface area (Å²) in [7, 11) is 0. The number of aromatic nitrogens is 4. The van der Waals surface area contributed by atoms with E-state index in [1.165, 1.54) is 12.8 Å². The molecule has 2 heterocycles. The van der Waals surface area contributed by atoms with Gasteiger partial charge in [-0.15, -0.1) is 0 Å². The van der Waals surface area contributed by atoms with Gasteiger partial charge in [-0.1, -0.05) is 6.92 Å². The van der Waals surface area contributed by atoms with Crippen LogP contribution in [0, 0.1) is 6.92 Å². The number of imidazole rings is 2. The Kier molecular flexibility index (Phi) is 12.7. The normalized spacial score (nSPS) is 12.8. The zero-order valence-electron chi connectivity index (χ0n) is 21.6. The highest BCUT2D eigenvalue weighted by molar-refractivity contribution is 4.88. The Balaban J connectivity index is 0.000000311. The van der Waals surface area contributed by atoms with E-state index in [4.69, 9.17) is 0 Å². The molecule has 2 aromatic heterocycles. The molecular weight excluding hydrogens is 384 g/mol. The lowest BCUT2D eigenvalue weighted by Crippen LogP contribution is -2.38. The predicted octanol–water partition coefficient (Wildman–Crippen LogP) is 5.26. The van der Waals surface area contributed by atoms with Crippen LogP contribution in [0.4, 0.5) is 0 Å². The molecule has 0 spiro atoms. The van der Waals surface area contributed by atoms with Gasteiger partial charge in [0.1, 0.15) is 5.82 Å². The maximum absolute atomic E-state index is 4.23. The third-order valence-electron chi connectivity index (χ3n) is 6.07. The summed E-state index contributed by atoms with van der Waals surface area (Å²) >= 11 is 0. The molecule has 2 rings (SSSR count). The van der Waals surface area contributed by atoms with Crippen molar-refractivity contribution in [3.05, 3.63) is 36.9 Å². The quantitative estimate of drug-likeness (QED) is 0.458. The number of nitrogens with zero attached hydrogens (tertiary/aromatic N) is 6. The average Bonchev–Trinajstić information content (AvgIpc) is 3.37. The van der Waals surface area contributed by atoms with Gasteiger partial charge in [-0.05, 0) is 74.8 Å². The first-order valence-corrected chi connectivity index (χ1v) is 12.1. The van der Waals surface area contributed by atoms with Crippen LogP contribution in [0.1, 0.15) is 80.1 Å². The summed E-state index contributed by atoms with van der Waals surface area (Å²) in [5.74, 6) is 1.11. The van der Waals surface area contributed by atoms with Crippen molar-refractivity contribution in [2.45, 2.75) is 106 Å². The Bertz CT molecular complexity index is 666. The standard InChI is InChI=1S/C13H25N3.C12H23N3/c1-11(2)16(12(3)4)9-6-8-15-10-7-14-13(15)5;1-5-14(11(2)3)8-6-12(4)15-9-7-13-10-15/h7,10-12H,6,8-9H2,1-5H3;7,9-12H,5-6,8H2,1-4H3. The molecule has 31 heavy (non-hydrogen) atoms. The molecule has 0 bridgehead atoms. The number of hydrogen-bond acceptors (Lipinski definition) is 4. The van der Waals surface area contributed by atoms with E-state index >= 15 is 0 Å². The van der Waals surface area contributed by atoms with Crippen LogP contribution in [0.25, 0.3) is 0 Å². The second-order valence-corrected chi connectivity index (χ2v) is 9.32. The van der Waals surface area contributed by atoms with Crippen LogP contribution in [0.2, 0.25) is 0 Å². The molecular formula is C25H48N6. The Morgan fingerprint density at radius 2 is 1.58 bits per heavy atom. The second kappa shape index (κ2) is 14.4. The van der Waals surface area contributed by atoms with E-state index in [0.29, 0.717) is 24.2 Å². The number of rotatable bonds is 12. The first kappa shape index (κ1) is 27.4. The summed E-state index contributed by atoms with van der Waals surface area (Å²) in [5.41, 5.74) is 0. The van der Waals surface area contributed by atoms with Crippen LogP contribution in [0.5, 0.6) is 0 Å². The molecule has 0 aliphatic carbocycles. The zero-order chi connectivity index (χ0) is 23.4. The fraction of sp³-hybridized carbons (Fsp3) is 0.760. The molecule has 0 saturated carbocycles. The summed E-state index contributed by atoms with van der Waals surface area (Å²) in [6, 6.07) is 2.44. The van der Waals surface area contributed by atoms with E-state index in [0.717, 1.165) is 32.0 Å². The molecule has 0 N–H and O–H groups in total. The molecule has 0 radical (unpaired) electrons. The molecule has 178 valence electrons. The van der Waals surface area contributed by atoms with Gasteiger partial charge in [0.2, 0.25) is 0 Å². The Labute approximate surface area is 191 Å². The van der Waals surface area contributed by atoms with Gasteiger partial charge in [0, 0.05) is 68.6 Å². The van der Waals surface area contributed by atoms with E-state index in [1.807, 2.05) is 24.9 Å². The fourth-order valence-corrected chi connectivity index (χ4v) is 3.99. The first-order chi connectivity index (χ1) is 14.7. The molecule has 1 unspecified atom stereocenters. The van der Waals surface area contributed by atoms with Crippen molar-refractivity contribution in [2.75, 3.05) is 19.6 Å². The van der Waals surface area contributed by atoms with Crippen molar-refractivity contribution < 1.29 is 0 Å². The van der Waals surface area contributed by atoms with Crippen molar-refractivity contribution >= 4 is 0 Å². The smallest absolute Gasteiger partial charge is 0.105 e. The molecule has 6 nitrogen and oxygen atoms in total. The number of hydrogen-bond donors (Lipinski definition) is 0. The molecule has 0 saturated heterocycles. The van der Waals surface area contributed by atoms with Crippen LogP contribution in [0.15, 0.2) is 31.1 Å². The summed E-state index contributed by atoms with van der Waals surface area (Å²) < 4.78 is 4.40. The van der Waals surface area contributed by atoms with E-state index in [9.17, 15) is 0 Å². The lowest BCUT2D eigenvalue weighted by Gasteiger charge is -2.30. The third-order valence-corrected chi connectivity index (χ3v) is 6.07.